The van der Waals surface area contributed by atoms with Crippen LogP contribution in [0.5, 0.6) is 0 Å². The molecular formula is C11H16N2O4S2. The fraction of sp³-hybridized carbons (Fsp3) is 0.545. The second-order valence-corrected chi connectivity index (χ2v) is 7.19. The Kier molecular flexibility index (Phi) is 3.95. The number of sulfonamides is 1. The van der Waals surface area contributed by atoms with Gasteiger partial charge in [-0.25, -0.2) is 13.6 Å². The fourth-order valence-electron chi connectivity index (χ4n) is 2.07. The minimum atomic E-state index is -3.77. The first-order valence-corrected chi connectivity index (χ1v) is 8.26. The second kappa shape index (κ2) is 5.20. The zero-order chi connectivity index (χ0) is 14.2. The summed E-state index contributed by atoms with van der Waals surface area (Å²) in [6.07, 6.45) is 0.735. The number of rotatable bonds is 3. The number of hydrogen-bond acceptors (Lipinski definition) is 5. The maximum atomic E-state index is 12.1. The van der Waals surface area contributed by atoms with Gasteiger partial charge in [0.05, 0.1) is 17.7 Å². The Bertz CT molecular complexity index is 594. The topological polar surface area (TPSA) is 98.5 Å². The average Bonchev–Trinajstić information content (AvgIpc) is 2.85. The van der Waals surface area contributed by atoms with Crippen LogP contribution < -0.4 is 10.5 Å². The number of carbonyl (C=O) groups is 1. The van der Waals surface area contributed by atoms with Crippen molar-refractivity contribution in [3.8, 4) is 0 Å². The molecule has 0 bridgehead atoms. The lowest BCUT2D eigenvalue weighted by atomic mass is 10.1. The highest BCUT2D eigenvalue weighted by Gasteiger charge is 2.28. The molecule has 3 N–H and O–H groups in total. The molecule has 1 aliphatic rings. The van der Waals surface area contributed by atoms with E-state index in [9.17, 15) is 13.2 Å². The van der Waals surface area contributed by atoms with Gasteiger partial charge in [-0.05, 0) is 25.8 Å². The van der Waals surface area contributed by atoms with Crippen molar-refractivity contribution in [3.63, 3.8) is 0 Å². The molecule has 2 heterocycles. The zero-order valence-corrected chi connectivity index (χ0v) is 12.3. The predicted molar refractivity (Wildman–Crippen MR) is 71.7 cm³/mol. The van der Waals surface area contributed by atoms with Gasteiger partial charge in [0.2, 0.25) is 10.0 Å². The van der Waals surface area contributed by atoms with E-state index in [4.69, 9.17) is 9.88 Å². The molecule has 2 unspecified atom stereocenters. The van der Waals surface area contributed by atoms with E-state index in [1.807, 2.05) is 6.92 Å². The number of carbonyl (C=O) groups excluding carboxylic acids is 1. The molecule has 0 spiro atoms. The van der Waals surface area contributed by atoms with Crippen LogP contribution in [-0.2, 0) is 14.8 Å². The van der Waals surface area contributed by atoms with Crippen LogP contribution in [0.1, 0.15) is 29.3 Å². The molecular weight excluding hydrogens is 288 g/mol. The van der Waals surface area contributed by atoms with Gasteiger partial charge in [-0.1, -0.05) is 0 Å². The van der Waals surface area contributed by atoms with Crippen LogP contribution in [0.2, 0.25) is 0 Å². The number of ether oxygens (including phenoxy) is 1. The zero-order valence-electron chi connectivity index (χ0n) is 10.7. The smallest absolute Gasteiger partial charge is 0.252 e. The summed E-state index contributed by atoms with van der Waals surface area (Å²) in [6, 6.07) is -0.0373. The number of primary sulfonamides is 1. The van der Waals surface area contributed by atoms with E-state index in [2.05, 4.69) is 5.32 Å². The van der Waals surface area contributed by atoms with Gasteiger partial charge in [0, 0.05) is 12.0 Å². The van der Waals surface area contributed by atoms with Gasteiger partial charge >= 0.3 is 0 Å². The summed E-state index contributed by atoms with van der Waals surface area (Å²) in [5.41, 5.74) is 0.754. The number of nitrogens with two attached hydrogens (primary N) is 1. The van der Waals surface area contributed by atoms with Crippen LogP contribution in [-0.4, -0.2) is 33.1 Å². The molecule has 1 aromatic heterocycles. The lowest BCUT2D eigenvalue weighted by Crippen LogP contribution is -2.39. The van der Waals surface area contributed by atoms with Crippen molar-refractivity contribution >= 4 is 27.3 Å². The van der Waals surface area contributed by atoms with Crippen molar-refractivity contribution in [1.29, 1.82) is 0 Å². The Morgan fingerprint density at radius 1 is 1.58 bits per heavy atom. The Hall–Kier alpha value is -0.960. The van der Waals surface area contributed by atoms with E-state index < -0.39 is 10.0 Å². The van der Waals surface area contributed by atoms with Gasteiger partial charge in [-0.15, -0.1) is 11.3 Å². The fourth-order valence-corrected chi connectivity index (χ4v) is 4.08. The molecule has 19 heavy (non-hydrogen) atoms. The van der Waals surface area contributed by atoms with Crippen LogP contribution >= 0.6 is 11.3 Å². The summed E-state index contributed by atoms with van der Waals surface area (Å²) in [4.78, 5) is 12.1. The Morgan fingerprint density at radius 3 is 2.74 bits per heavy atom. The van der Waals surface area contributed by atoms with Gasteiger partial charge in [0.1, 0.15) is 4.21 Å². The molecule has 1 fully saturated rings. The normalized spacial score (nSPS) is 23.5. The van der Waals surface area contributed by atoms with Gasteiger partial charge in [-0.3, -0.25) is 4.79 Å². The van der Waals surface area contributed by atoms with E-state index in [1.54, 1.807) is 6.92 Å². The Labute approximate surface area is 116 Å². The van der Waals surface area contributed by atoms with E-state index in [-0.39, 0.29) is 22.3 Å². The predicted octanol–water partition coefficient (Wildman–Crippen LogP) is 0.611. The van der Waals surface area contributed by atoms with Crippen molar-refractivity contribution < 1.29 is 17.9 Å². The second-order valence-electron chi connectivity index (χ2n) is 4.55. The summed E-state index contributed by atoms with van der Waals surface area (Å²) in [5.74, 6) is -0.286. The lowest BCUT2D eigenvalue weighted by molar-refractivity contribution is 0.0866. The van der Waals surface area contributed by atoms with Crippen LogP contribution in [0.25, 0.3) is 0 Å². The standard InChI is InChI=1S/C11H16N2O4S2/c1-6-8(5-18-11(6)19(12,15)16)10(14)13-9-3-4-17-7(9)2/h5,7,9H,3-4H2,1-2H3,(H,13,14)(H2,12,15,16). The van der Waals surface area contributed by atoms with E-state index >= 15 is 0 Å². The maximum Gasteiger partial charge on any atom is 0.252 e. The summed E-state index contributed by atoms with van der Waals surface area (Å²) in [7, 11) is -3.77. The first-order valence-electron chi connectivity index (χ1n) is 5.84. The van der Waals surface area contributed by atoms with Crippen molar-refractivity contribution in [1.82, 2.24) is 5.32 Å². The molecule has 106 valence electrons. The SMILES string of the molecule is Cc1c(C(=O)NC2CCOC2C)csc1S(N)(=O)=O. The van der Waals surface area contributed by atoms with E-state index in [1.165, 1.54) is 5.38 Å². The molecule has 6 nitrogen and oxygen atoms in total. The average molecular weight is 304 g/mol. The third kappa shape index (κ3) is 2.97. The Balaban J connectivity index is 2.19. The molecule has 2 rings (SSSR count). The highest BCUT2D eigenvalue weighted by molar-refractivity contribution is 7.91. The number of thiophene rings is 1. The van der Waals surface area contributed by atoms with Crippen molar-refractivity contribution in [2.45, 2.75) is 36.6 Å². The molecule has 0 aliphatic carbocycles. The molecule has 8 heteroatoms. The lowest BCUT2D eigenvalue weighted by Gasteiger charge is -2.15. The minimum absolute atomic E-state index is 0.0272. The van der Waals surface area contributed by atoms with Crippen LogP contribution in [0.15, 0.2) is 9.59 Å². The summed E-state index contributed by atoms with van der Waals surface area (Å²) < 4.78 is 28.0. The van der Waals surface area contributed by atoms with Crippen molar-refractivity contribution in [3.05, 3.63) is 16.5 Å². The first kappa shape index (κ1) is 14.4. The van der Waals surface area contributed by atoms with Crippen LogP contribution in [0, 0.1) is 6.92 Å². The van der Waals surface area contributed by atoms with Crippen LogP contribution in [0.4, 0.5) is 0 Å². The number of amides is 1. The van der Waals surface area contributed by atoms with Crippen molar-refractivity contribution in [2.24, 2.45) is 5.14 Å². The van der Waals surface area contributed by atoms with Gasteiger partial charge in [0.15, 0.2) is 0 Å². The Morgan fingerprint density at radius 2 is 2.26 bits per heavy atom. The molecule has 1 saturated heterocycles. The number of nitrogens with one attached hydrogen (secondary N) is 1. The van der Waals surface area contributed by atoms with Gasteiger partial charge in [-0.2, -0.15) is 0 Å². The van der Waals surface area contributed by atoms with E-state index in [0.717, 1.165) is 17.8 Å². The molecule has 1 aromatic rings. The third-order valence-electron chi connectivity index (χ3n) is 3.19. The summed E-state index contributed by atoms with van der Waals surface area (Å²) in [6.45, 7) is 4.10. The van der Waals surface area contributed by atoms with Crippen LogP contribution in [0.3, 0.4) is 0 Å². The highest BCUT2D eigenvalue weighted by atomic mass is 32.2. The number of hydrogen-bond donors (Lipinski definition) is 2. The summed E-state index contributed by atoms with van der Waals surface area (Å²) >= 11 is 0.965. The maximum absolute atomic E-state index is 12.1. The molecule has 0 radical (unpaired) electrons. The van der Waals surface area contributed by atoms with E-state index in [0.29, 0.717) is 17.7 Å². The third-order valence-corrected chi connectivity index (χ3v) is 5.87. The molecule has 1 aliphatic heterocycles. The molecule has 0 saturated carbocycles. The molecule has 0 aromatic carbocycles. The quantitative estimate of drug-likeness (QED) is 0.854. The largest absolute Gasteiger partial charge is 0.376 e. The van der Waals surface area contributed by atoms with Gasteiger partial charge in [0.25, 0.3) is 5.91 Å². The monoisotopic (exact) mass is 304 g/mol. The van der Waals surface area contributed by atoms with Gasteiger partial charge < -0.3 is 10.1 Å². The molecule has 2 atom stereocenters. The highest BCUT2D eigenvalue weighted by Crippen LogP contribution is 2.26. The van der Waals surface area contributed by atoms with Crippen molar-refractivity contribution in [2.75, 3.05) is 6.61 Å². The minimum Gasteiger partial charge on any atom is -0.376 e. The molecule has 1 amide bonds. The summed E-state index contributed by atoms with van der Waals surface area (Å²) in [5, 5.41) is 9.46. The first-order chi connectivity index (χ1) is 8.80.